The van der Waals surface area contributed by atoms with Crippen LogP contribution in [-0.4, -0.2) is 51.6 Å². The number of primary amides is 1. The minimum absolute atomic E-state index is 0.326. The van der Waals surface area contributed by atoms with E-state index in [1.807, 2.05) is 18.2 Å². The minimum atomic E-state index is -0.742. The van der Waals surface area contributed by atoms with Crippen LogP contribution >= 0.6 is 11.6 Å². The van der Waals surface area contributed by atoms with E-state index in [0.717, 1.165) is 16.6 Å². The number of nitrogens with zero attached hydrogens (tertiary/aromatic N) is 5. The molecular formula is C24H23ClFN7O. The number of rotatable bonds is 5. The molecule has 34 heavy (non-hydrogen) atoms. The molecule has 0 saturated carbocycles. The molecule has 3 heterocycles. The lowest BCUT2D eigenvalue weighted by atomic mass is 9.87. The minimum Gasteiger partial charge on any atom is -0.368 e. The average molecular weight is 480 g/mol. The fourth-order valence-corrected chi connectivity index (χ4v) is 4.74. The van der Waals surface area contributed by atoms with Gasteiger partial charge in [-0.25, -0.2) is 9.07 Å². The molecule has 0 spiro atoms. The van der Waals surface area contributed by atoms with Gasteiger partial charge < -0.3 is 16.0 Å². The summed E-state index contributed by atoms with van der Waals surface area (Å²) in [5, 5.41) is 17.9. The Labute approximate surface area is 200 Å². The van der Waals surface area contributed by atoms with Gasteiger partial charge in [-0.2, -0.15) is 10.2 Å². The second kappa shape index (κ2) is 8.66. The highest BCUT2D eigenvalue weighted by atomic mass is 35.5. The third-order valence-electron chi connectivity index (χ3n) is 6.54. The molecule has 0 atom stereocenters. The molecule has 5 rings (SSSR count). The van der Waals surface area contributed by atoms with Crippen LogP contribution in [0.1, 0.15) is 12.8 Å². The predicted molar refractivity (Wildman–Crippen MR) is 129 cm³/mol. The van der Waals surface area contributed by atoms with Crippen molar-refractivity contribution in [3.63, 3.8) is 0 Å². The summed E-state index contributed by atoms with van der Waals surface area (Å²) in [6, 6.07) is 13.6. The quantitative estimate of drug-likeness (QED) is 0.455. The molecule has 0 bridgehead atoms. The molecule has 3 N–H and O–H groups in total. The second-order valence-corrected chi connectivity index (χ2v) is 8.74. The summed E-state index contributed by atoms with van der Waals surface area (Å²) in [7, 11) is 1.75. The van der Waals surface area contributed by atoms with Gasteiger partial charge in [0, 0.05) is 18.7 Å². The number of hydrogen-bond acceptors (Lipinski definition) is 6. The van der Waals surface area contributed by atoms with Gasteiger partial charge in [0.05, 0.1) is 28.0 Å². The van der Waals surface area contributed by atoms with Crippen LogP contribution in [0.5, 0.6) is 0 Å². The van der Waals surface area contributed by atoms with E-state index in [9.17, 15) is 9.18 Å². The van der Waals surface area contributed by atoms with Crippen LogP contribution in [0.4, 0.5) is 10.2 Å². The van der Waals surface area contributed by atoms with E-state index < -0.39 is 5.54 Å². The number of benzene rings is 2. The van der Waals surface area contributed by atoms with Gasteiger partial charge in [-0.05, 0) is 56.3 Å². The van der Waals surface area contributed by atoms with Gasteiger partial charge in [-0.15, -0.1) is 5.10 Å². The van der Waals surface area contributed by atoms with Crippen molar-refractivity contribution >= 4 is 34.2 Å². The van der Waals surface area contributed by atoms with Gasteiger partial charge in [0.2, 0.25) is 5.91 Å². The van der Waals surface area contributed by atoms with E-state index in [1.165, 1.54) is 12.1 Å². The summed E-state index contributed by atoms with van der Waals surface area (Å²) >= 11 is 6.52. The number of carbonyl (C=O) groups excluding carboxylic acids is 1. The molecule has 1 aliphatic heterocycles. The molecule has 1 amide bonds. The number of piperidine rings is 1. The maximum absolute atomic E-state index is 13.7. The lowest BCUT2D eigenvalue weighted by Crippen LogP contribution is -2.59. The van der Waals surface area contributed by atoms with E-state index in [0.29, 0.717) is 48.0 Å². The predicted octanol–water partition coefficient (Wildman–Crippen LogP) is 3.32. The molecular weight excluding hydrogens is 457 g/mol. The van der Waals surface area contributed by atoms with Gasteiger partial charge in [0.25, 0.3) is 0 Å². The molecule has 1 aliphatic rings. The van der Waals surface area contributed by atoms with E-state index in [1.54, 1.807) is 36.1 Å². The zero-order valence-corrected chi connectivity index (χ0v) is 19.3. The summed E-state index contributed by atoms with van der Waals surface area (Å²) < 4.78 is 15.4. The number of hydrogen-bond donors (Lipinski definition) is 2. The molecule has 0 radical (unpaired) electrons. The van der Waals surface area contributed by atoms with Crippen molar-refractivity contribution in [3.8, 4) is 16.9 Å². The number of nitrogens with two attached hydrogens (primary N) is 1. The van der Waals surface area contributed by atoms with Crippen LogP contribution in [0, 0.1) is 5.82 Å². The highest BCUT2D eigenvalue weighted by Crippen LogP contribution is 2.37. The topological polar surface area (TPSA) is 102 Å². The number of fused-ring (bicyclic) bond motifs is 1. The Bertz CT molecular complexity index is 1360. The Hall–Kier alpha value is -3.56. The molecule has 8 nitrogen and oxygen atoms in total. The Balaban J connectivity index is 1.66. The van der Waals surface area contributed by atoms with Crippen molar-refractivity contribution in [2.75, 3.05) is 25.0 Å². The maximum Gasteiger partial charge on any atom is 0.237 e. The van der Waals surface area contributed by atoms with Crippen LogP contribution in [-0.2, 0) is 4.79 Å². The molecule has 1 saturated heterocycles. The number of amides is 1. The molecule has 4 aromatic rings. The van der Waals surface area contributed by atoms with E-state index in [-0.39, 0.29) is 11.7 Å². The molecule has 10 heteroatoms. The van der Waals surface area contributed by atoms with E-state index >= 15 is 0 Å². The zero-order chi connectivity index (χ0) is 23.9. The van der Waals surface area contributed by atoms with Gasteiger partial charge >= 0.3 is 0 Å². The van der Waals surface area contributed by atoms with Crippen LogP contribution in [0.3, 0.4) is 0 Å². The zero-order valence-electron chi connectivity index (χ0n) is 18.5. The molecule has 2 aromatic heterocycles. The van der Waals surface area contributed by atoms with Gasteiger partial charge in [-0.3, -0.25) is 4.79 Å². The average Bonchev–Trinajstić information content (AvgIpc) is 3.24. The number of carbonyl (C=O) groups is 1. The number of nitrogens with one attached hydrogen (secondary N) is 1. The summed E-state index contributed by atoms with van der Waals surface area (Å²) in [6.07, 6.45) is 2.73. The monoisotopic (exact) mass is 479 g/mol. The smallest absolute Gasteiger partial charge is 0.237 e. The molecule has 2 aromatic carbocycles. The van der Waals surface area contributed by atoms with Crippen molar-refractivity contribution in [2.45, 2.75) is 18.4 Å². The summed E-state index contributed by atoms with van der Waals surface area (Å²) in [5.41, 5.74) is 7.75. The summed E-state index contributed by atoms with van der Waals surface area (Å²) in [4.78, 5) is 14.1. The first-order chi connectivity index (χ1) is 16.4. The van der Waals surface area contributed by atoms with Crippen molar-refractivity contribution in [3.05, 3.63) is 65.6 Å². The van der Waals surface area contributed by atoms with Crippen molar-refractivity contribution in [2.24, 2.45) is 5.73 Å². The summed E-state index contributed by atoms with van der Waals surface area (Å²) in [6.45, 7) is 1.12. The molecule has 174 valence electrons. The third-order valence-corrected chi connectivity index (χ3v) is 6.86. The van der Waals surface area contributed by atoms with Crippen LogP contribution in [0.15, 0.2) is 54.7 Å². The molecule has 0 unspecified atom stereocenters. The Morgan fingerprint density at radius 3 is 2.50 bits per heavy atom. The number of para-hydroxylation sites is 1. The van der Waals surface area contributed by atoms with Crippen LogP contribution in [0.2, 0.25) is 5.02 Å². The second-order valence-electron chi connectivity index (χ2n) is 8.33. The Morgan fingerprint density at radius 1 is 1.15 bits per heavy atom. The first-order valence-electron chi connectivity index (χ1n) is 10.9. The highest BCUT2D eigenvalue weighted by Gasteiger charge is 2.39. The molecule has 1 fully saturated rings. The normalized spacial score (nSPS) is 15.6. The Kier molecular flexibility index (Phi) is 5.66. The number of aromatic nitrogens is 4. The van der Waals surface area contributed by atoms with Gasteiger partial charge in [0.15, 0.2) is 5.82 Å². The maximum atomic E-state index is 13.7. The lowest BCUT2D eigenvalue weighted by Gasteiger charge is -2.39. The molecule has 0 aliphatic carbocycles. The SMILES string of the molecule is CNC1(C(N)=O)CCN(c2nncc3c(-c4ccc(F)cc4)n(-c4ccccc4Cl)nc23)CC1. The van der Waals surface area contributed by atoms with Gasteiger partial charge in [-0.1, -0.05) is 23.7 Å². The van der Waals surface area contributed by atoms with E-state index in [4.69, 9.17) is 22.4 Å². The largest absolute Gasteiger partial charge is 0.368 e. The fraction of sp³-hybridized carbons (Fsp3) is 0.250. The number of halogens is 2. The fourth-order valence-electron chi connectivity index (χ4n) is 4.52. The first kappa shape index (κ1) is 22.2. The van der Waals surface area contributed by atoms with Crippen molar-refractivity contribution in [1.82, 2.24) is 25.3 Å². The number of likely N-dealkylation sites (N-methyl/N-ethyl adjacent to an activating group) is 1. The highest BCUT2D eigenvalue weighted by molar-refractivity contribution is 6.32. The number of anilines is 1. The van der Waals surface area contributed by atoms with Crippen molar-refractivity contribution < 1.29 is 9.18 Å². The van der Waals surface area contributed by atoms with Crippen molar-refractivity contribution in [1.29, 1.82) is 0 Å². The van der Waals surface area contributed by atoms with Crippen LogP contribution < -0.4 is 16.0 Å². The van der Waals surface area contributed by atoms with E-state index in [2.05, 4.69) is 20.4 Å². The third kappa shape index (κ3) is 3.66. The first-order valence-corrected chi connectivity index (χ1v) is 11.3. The lowest BCUT2D eigenvalue weighted by molar-refractivity contribution is -0.125. The Morgan fingerprint density at radius 2 is 1.85 bits per heavy atom. The van der Waals surface area contributed by atoms with Gasteiger partial charge in [0.1, 0.15) is 16.9 Å². The summed E-state index contributed by atoms with van der Waals surface area (Å²) in [5.74, 6) is -0.0745. The standard InChI is InChI=1S/C24H23ClFN7O/c1-28-24(23(27)34)10-12-32(13-11-24)22-20-17(14-29-30-22)21(15-6-8-16(26)9-7-15)33(31-20)19-5-3-2-4-18(19)25/h2-9,14,28H,10-13H2,1H3,(H2,27,34). The van der Waals surface area contributed by atoms with Crippen LogP contribution in [0.25, 0.3) is 27.8 Å².